The van der Waals surface area contributed by atoms with Gasteiger partial charge in [0.15, 0.2) is 0 Å². The van der Waals surface area contributed by atoms with Crippen molar-refractivity contribution in [2.45, 2.75) is 46.0 Å². The van der Waals surface area contributed by atoms with Crippen LogP contribution < -0.4 is 9.47 Å². The number of hydrogen-bond acceptors (Lipinski definition) is 6. The monoisotopic (exact) mass is 578 g/mol. The number of unbranched alkanes of at least 4 members (excludes halogenated alkanes) is 2. The summed E-state index contributed by atoms with van der Waals surface area (Å²) in [5, 5.41) is 0. The molecule has 0 amide bonds. The molecule has 0 aromatic heterocycles. The average molecular weight is 579 g/mol. The number of aryl methyl sites for hydroxylation is 1. The maximum atomic E-state index is 11.0. The molecule has 0 bridgehead atoms. The molecule has 6 heteroatoms. The number of hydrogen-bond donors (Lipinski definition) is 0. The quantitative estimate of drug-likeness (QED) is 0.0922. The third-order valence-electron chi connectivity index (χ3n) is 6.22. The lowest BCUT2D eigenvalue weighted by Crippen LogP contribution is -2.04. The first-order chi connectivity index (χ1) is 21.0. The molecule has 0 N–H and O–H groups in total. The maximum Gasteiger partial charge on any atom is 0.330 e. The van der Waals surface area contributed by atoms with Crippen LogP contribution in [0.5, 0.6) is 11.5 Å². The summed E-state index contributed by atoms with van der Waals surface area (Å²) in [7, 11) is 0. The normalized spacial score (nSPS) is 9.91. The van der Waals surface area contributed by atoms with Gasteiger partial charge in [0.1, 0.15) is 11.5 Å². The molecule has 0 radical (unpaired) electrons. The van der Waals surface area contributed by atoms with Crippen molar-refractivity contribution in [2.75, 3.05) is 26.4 Å². The molecular weight excluding hydrogens is 540 g/mol. The molecule has 43 heavy (non-hydrogen) atoms. The molecule has 3 aromatic rings. The molecule has 0 aliphatic carbocycles. The van der Waals surface area contributed by atoms with E-state index in [1.807, 2.05) is 60.7 Å². The molecule has 6 nitrogen and oxygen atoms in total. The van der Waals surface area contributed by atoms with Crippen molar-refractivity contribution in [1.29, 1.82) is 0 Å². The Morgan fingerprint density at radius 1 is 0.674 bits per heavy atom. The van der Waals surface area contributed by atoms with Crippen LogP contribution in [0.3, 0.4) is 0 Å². The zero-order valence-electron chi connectivity index (χ0n) is 24.9. The summed E-state index contributed by atoms with van der Waals surface area (Å²) in [6.45, 7) is 8.80. The van der Waals surface area contributed by atoms with Gasteiger partial charge in [0.05, 0.1) is 26.4 Å². The molecule has 0 saturated carbocycles. The van der Waals surface area contributed by atoms with Crippen LogP contribution in [-0.2, 0) is 25.5 Å². The van der Waals surface area contributed by atoms with Gasteiger partial charge >= 0.3 is 11.9 Å². The van der Waals surface area contributed by atoms with Crippen LogP contribution in [0, 0.1) is 23.7 Å². The minimum atomic E-state index is -0.402. The summed E-state index contributed by atoms with van der Waals surface area (Å²) in [6.07, 6.45) is 5.13. The second-order valence-electron chi connectivity index (χ2n) is 9.60. The van der Waals surface area contributed by atoms with Gasteiger partial charge < -0.3 is 18.9 Å². The lowest BCUT2D eigenvalue weighted by atomic mass is 10.0. The van der Waals surface area contributed by atoms with Crippen molar-refractivity contribution < 1.29 is 28.5 Å². The van der Waals surface area contributed by atoms with E-state index in [0.717, 1.165) is 77.5 Å². The van der Waals surface area contributed by atoms with Gasteiger partial charge in [-0.1, -0.05) is 37.2 Å². The topological polar surface area (TPSA) is 71.1 Å². The first-order valence-corrected chi connectivity index (χ1v) is 14.5. The van der Waals surface area contributed by atoms with Gasteiger partial charge in [-0.05, 0) is 104 Å². The Morgan fingerprint density at radius 3 is 1.70 bits per heavy atom. The van der Waals surface area contributed by atoms with Crippen LogP contribution in [0.2, 0.25) is 0 Å². The second-order valence-corrected chi connectivity index (χ2v) is 9.60. The highest BCUT2D eigenvalue weighted by Crippen LogP contribution is 2.16. The predicted octanol–water partition coefficient (Wildman–Crippen LogP) is 6.66. The third kappa shape index (κ3) is 12.6. The van der Waals surface area contributed by atoms with Crippen molar-refractivity contribution in [3.63, 3.8) is 0 Å². The van der Waals surface area contributed by atoms with E-state index in [9.17, 15) is 9.59 Å². The lowest BCUT2D eigenvalue weighted by Gasteiger charge is -2.06. The molecule has 0 spiro atoms. The molecule has 0 unspecified atom stereocenters. The van der Waals surface area contributed by atoms with Gasteiger partial charge in [0.2, 0.25) is 0 Å². The molecular formula is C37H38O6. The minimum Gasteiger partial charge on any atom is -0.494 e. The van der Waals surface area contributed by atoms with E-state index in [4.69, 9.17) is 18.9 Å². The van der Waals surface area contributed by atoms with E-state index >= 15 is 0 Å². The van der Waals surface area contributed by atoms with Gasteiger partial charge in [-0.25, -0.2) is 4.79 Å². The van der Waals surface area contributed by atoms with Gasteiger partial charge in [0, 0.05) is 35.3 Å². The molecule has 222 valence electrons. The number of ether oxygens (including phenoxy) is 4. The fourth-order valence-electron chi connectivity index (χ4n) is 3.87. The SMILES string of the molecule is C=CC(=O)OCCCCOc1ccc(C#Cc2ccc(C#Cc3ccc(OCCCCOC(C)=O)cc3)cc2CC)cc1. The number of benzene rings is 3. The van der Waals surface area contributed by atoms with Gasteiger partial charge in [-0.3, -0.25) is 4.79 Å². The third-order valence-corrected chi connectivity index (χ3v) is 6.22. The Balaban J connectivity index is 1.48. The fraction of sp³-hybridized carbons (Fsp3) is 0.297. The van der Waals surface area contributed by atoms with E-state index < -0.39 is 5.97 Å². The zero-order valence-corrected chi connectivity index (χ0v) is 24.9. The first-order valence-electron chi connectivity index (χ1n) is 14.5. The fourth-order valence-corrected chi connectivity index (χ4v) is 3.87. The van der Waals surface area contributed by atoms with Crippen LogP contribution in [0.15, 0.2) is 79.4 Å². The summed E-state index contributed by atoms with van der Waals surface area (Å²) in [6, 6.07) is 21.6. The highest BCUT2D eigenvalue weighted by molar-refractivity contribution is 5.81. The molecule has 0 saturated heterocycles. The van der Waals surface area contributed by atoms with Gasteiger partial charge in [0.25, 0.3) is 0 Å². The van der Waals surface area contributed by atoms with Crippen molar-refractivity contribution in [3.05, 3.63) is 107 Å². The van der Waals surface area contributed by atoms with Gasteiger partial charge in [-0.2, -0.15) is 0 Å². The largest absolute Gasteiger partial charge is 0.494 e. The highest BCUT2D eigenvalue weighted by Gasteiger charge is 2.01. The molecule has 0 heterocycles. The smallest absolute Gasteiger partial charge is 0.330 e. The van der Waals surface area contributed by atoms with E-state index in [-0.39, 0.29) is 5.97 Å². The van der Waals surface area contributed by atoms with E-state index in [2.05, 4.69) is 43.3 Å². The Morgan fingerprint density at radius 2 is 1.16 bits per heavy atom. The molecule has 3 aromatic carbocycles. The number of carbonyl (C=O) groups is 2. The Hall–Kier alpha value is -4.94. The average Bonchev–Trinajstić information content (AvgIpc) is 3.03. The Kier molecular flexibility index (Phi) is 14.0. The van der Waals surface area contributed by atoms with Crippen LogP contribution in [0.25, 0.3) is 0 Å². The molecule has 0 aliphatic heterocycles. The lowest BCUT2D eigenvalue weighted by molar-refractivity contribution is -0.141. The van der Waals surface area contributed by atoms with Crippen molar-refractivity contribution in [2.24, 2.45) is 0 Å². The maximum absolute atomic E-state index is 11.0. The summed E-state index contributed by atoms with van der Waals surface area (Å²) in [5.74, 6) is 13.9. The number of carbonyl (C=O) groups excluding carboxylic acids is 2. The van der Waals surface area contributed by atoms with Crippen molar-refractivity contribution >= 4 is 11.9 Å². The Bertz CT molecular complexity index is 1460. The Labute approximate surface area is 255 Å². The van der Waals surface area contributed by atoms with Crippen LogP contribution in [0.1, 0.15) is 67.3 Å². The molecule has 0 atom stereocenters. The van der Waals surface area contributed by atoms with E-state index in [1.54, 1.807) is 0 Å². The summed E-state index contributed by atoms with van der Waals surface area (Å²) < 4.78 is 21.4. The number of esters is 2. The summed E-state index contributed by atoms with van der Waals surface area (Å²) in [5.41, 5.74) is 4.89. The standard InChI is InChI=1S/C37H38O6/c1-4-33-28-32(11-10-30-14-20-35(21-15-30)41-25-7-6-24-40-29(3)38)13-19-34(33)18-12-31-16-22-36(23-17-31)42-26-8-9-27-43-37(39)5-2/h5,13-17,19-23,28H,2,4,6-9,24-27H2,1,3H3. The number of rotatable bonds is 14. The minimum absolute atomic E-state index is 0.255. The molecule has 0 fully saturated rings. The zero-order chi connectivity index (χ0) is 30.7. The van der Waals surface area contributed by atoms with Crippen molar-refractivity contribution in [1.82, 2.24) is 0 Å². The summed E-state index contributed by atoms with van der Waals surface area (Å²) >= 11 is 0. The van der Waals surface area contributed by atoms with Gasteiger partial charge in [-0.15, -0.1) is 0 Å². The van der Waals surface area contributed by atoms with E-state index in [1.165, 1.54) is 6.92 Å². The van der Waals surface area contributed by atoms with Crippen molar-refractivity contribution in [3.8, 4) is 35.2 Å². The van der Waals surface area contributed by atoms with Crippen LogP contribution in [-0.4, -0.2) is 38.4 Å². The highest BCUT2D eigenvalue weighted by atomic mass is 16.5. The van der Waals surface area contributed by atoms with E-state index in [0.29, 0.717) is 26.4 Å². The second kappa shape index (κ2) is 18.5. The van der Waals surface area contributed by atoms with Crippen LogP contribution in [0.4, 0.5) is 0 Å². The predicted molar refractivity (Wildman–Crippen MR) is 168 cm³/mol. The first kappa shape index (κ1) is 32.6. The summed E-state index contributed by atoms with van der Waals surface area (Å²) in [4.78, 5) is 21.8. The van der Waals surface area contributed by atoms with Crippen LogP contribution >= 0.6 is 0 Å². The molecule has 0 aliphatic rings. The molecule has 3 rings (SSSR count).